The third-order valence-corrected chi connectivity index (χ3v) is 9.83. The molecule has 11 nitrogen and oxygen atoms in total. The molecule has 49 heavy (non-hydrogen) atoms. The Hall–Kier alpha value is -4.74. The number of nitrogens with zero attached hydrogens (tertiary/aromatic N) is 1. The van der Waals surface area contributed by atoms with Crippen LogP contribution in [-0.4, -0.2) is 71.6 Å². The van der Waals surface area contributed by atoms with E-state index in [1.807, 2.05) is 49.4 Å². The van der Waals surface area contributed by atoms with Crippen molar-refractivity contribution in [2.45, 2.75) is 58.9 Å². The molecule has 0 aliphatic heterocycles. The second kappa shape index (κ2) is 16.6. The molecule has 7 N–H and O–H groups in total. The Labute approximate surface area is 287 Å². The van der Waals surface area contributed by atoms with Crippen molar-refractivity contribution in [1.82, 2.24) is 25.7 Å². The van der Waals surface area contributed by atoms with Gasteiger partial charge in [0.1, 0.15) is 6.04 Å². The van der Waals surface area contributed by atoms with Crippen LogP contribution in [0.2, 0.25) is 0 Å². The fraction of sp³-hybridized carbons (Fsp3) is 0.421. The summed E-state index contributed by atoms with van der Waals surface area (Å²) in [6, 6.07) is 17.9. The standard InChI is InChI=1S/C38H49N7O4/c1-4-45(5-2)19-18-40-35(46)29-14-16-31(24(3)20-29)27-10-6-25(7-11-27)21-34(42-36(47)28-12-8-26(23-39)9-13-28)38(49)41-30-15-17-32-33(22-30)43-44-37(32)48/h6-7,10-11,14-17,20,22,26,28,34H,4-5,8-9,12-13,18-19,21,23,39H2,1-3H3,(H,40,46)(H,41,49)(H,42,47)(H2,43,44,48)/t26?,28?,34-/m0/s1. The second-order valence-electron chi connectivity index (χ2n) is 13.1. The summed E-state index contributed by atoms with van der Waals surface area (Å²) < 4.78 is 0. The minimum Gasteiger partial charge on any atom is -0.351 e. The van der Waals surface area contributed by atoms with E-state index in [0.717, 1.165) is 67.6 Å². The van der Waals surface area contributed by atoms with Crippen LogP contribution in [0.3, 0.4) is 0 Å². The van der Waals surface area contributed by atoms with Crippen LogP contribution >= 0.6 is 0 Å². The van der Waals surface area contributed by atoms with Gasteiger partial charge in [0.25, 0.3) is 11.5 Å². The molecule has 1 aromatic heterocycles. The van der Waals surface area contributed by atoms with E-state index in [2.05, 4.69) is 44.9 Å². The van der Waals surface area contributed by atoms with Gasteiger partial charge < -0.3 is 26.6 Å². The summed E-state index contributed by atoms with van der Waals surface area (Å²) >= 11 is 0. The minimum absolute atomic E-state index is 0.0859. The molecule has 3 aromatic carbocycles. The number of anilines is 1. The third-order valence-electron chi connectivity index (χ3n) is 9.83. The van der Waals surface area contributed by atoms with E-state index in [1.165, 1.54) is 0 Å². The van der Waals surface area contributed by atoms with Crippen molar-refractivity contribution >= 4 is 34.3 Å². The highest BCUT2D eigenvalue weighted by atomic mass is 16.2. The molecular formula is C38H49N7O4. The summed E-state index contributed by atoms with van der Waals surface area (Å²) in [6.07, 6.45) is 3.62. The van der Waals surface area contributed by atoms with Gasteiger partial charge in [-0.15, -0.1) is 0 Å². The lowest BCUT2D eigenvalue weighted by atomic mass is 9.81. The molecule has 1 saturated carbocycles. The quantitative estimate of drug-likeness (QED) is 0.117. The van der Waals surface area contributed by atoms with Crippen molar-refractivity contribution < 1.29 is 14.4 Å². The van der Waals surface area contributed by atoms with Crippen molar-refractivity contribution in [3.05, 3.63) is 87.7 Å². The first-order chi connectivity index (χ1) is 23.7. The van der Waals surface area contributed by atoms with Crippen molar-refractivity contribution in [3.8, 4) is 11.1 Å². The number of carbonyl (C=O) groups is 3. The van der Waals surface area contributed by atoms with E-state index >= 15 is 0 Å². The van der Waals surface area contributed by atoms with Gasteiger partial charge in [-0.3, -0.25) is 29.4 Å². The predicted octanol–water partition coefficient (Wildman–Crippen LogP) is 4.33. The Morgan fingerprint density at radius 2 is 1.67 bits per heavy atom. The number of hydrogen-bond donors (Lipinski definition) is 6. The van der Waals surface area contributed by atoms with Gasteiger partial charge in [0.2, 0.25) is 11.8 Å². The van der Waals surface area contributed by atoms with E-state index in [0.29, 0.717) is 47.6 Å². The minimum atomic E-state index is -0.812. The number of aryl methyl sites for hydroxylation is 1. The molecule has 4 aromatic rings. The molecular weight excluding hydrogens is 618 g/mol. The number of rotatable bonds is 14. The number of amides is 3. The monoisotopic (exact) mass is 667 g/mol. The Morgan fingerprint density at radius 1 is 0.939 bits per heavy atom. The average Bonchev–Trinajstić information content (AvgIpc) is 3.49. The maximum Gasteiger partial charge on any atom is 0.271 e. The summed E-state index contributed by atoms with van der Waals surface area (Å²) in [5.74, 6) is -0.261. The molecule has 3 amide bonds. The first kappa shape index (κ1) is 35.6. The third kappa shape index (κ3) is 9.04. The van der Waals surface area contributed by atoms with E-state index in [4.69, 9.17) is 5.73 Å². The SMILES string of the molecule is CCN(CC)CCNC(=O)c1ccc(-c2ccc(C[C@H](NC(=O)C3CCC(CN)CC3)C(=O)Nc3ccc4c(=O)[nH][nH]c4c3)cc2)c(C)c1. The maximum absolute atomic E-state index is 13.7. The van der Waals surface area contributed by atoms with E-state index in [-0.39, 0.29) is 29.2 Å². The summed E-state index contributed by atoms with van der Waals surface area (Å²) in [4.78, 5) is 54.0. The highest BCUT2D eigenvalue weighted by Crippen LogP contribution is 2.29. The Kier molecular flexibility index (Phi) is 12.0. The lowest BCUT2D eigenvalue weighted by Gasteiger charge is -2.28. The molecule has 5 rings (SSSR count). The molecule has 1 aliphatic carbocycles. The topological polar surface area (TPSA) is 165 Å². The zero-order valence-corrected chi connectivity index (χ0v) is 28.7. The van der Waals surface area contributed by atoms with Crippen LogP contribution in [0.25, 0.3) is 22.0 Å². The number of nitrogens with two attached hydrogens (primary N) is 1. The number of H-pyrrole nitrogens is 2. The van der Waals surface area contributed by atoms with E-state index in [9.17, 15) is 19.2 Å². The number of aromatic nitrogens is 2. The fourth-order valence-electron chi connectivity index (χ4n) is 6.66. The van der Waals surface area contributed by atoms with Gasteiger partial charge in [0, 0.05) is 36.7 Å². The van der Waals surface area contributed by atoms with Gasteiger partial charge in [-0.2, -0.15) is 0 Å². The average molecular weight is 668 g/mol. The summed E-state index contributed by atoms with van der Waals surface area (Å²) in [5.41, 5.74) is 11.2. The number of likely N-dealkylation sites (N-methyl/N-ethyl adjacent to an activating group) is 1. The number of fused-ring (bicyclic) bond motifs is 1. The molecule has 1 atom stereocenters. The van der Waals surface area contributed by atoms with Crippen LogP contribution in [0.5, 0.6) is 0 Å². The van der Waals surface area contributed by atoms with Crippen LogP contribution in [0.4, 0.5) is 5.69 Å². The largest absolute Gasteiger partial charge is 0.351 e. The van der Waals surface area contributed by atoms with Crippen molar-refractivity contribution in [2.24, 2.45) is 17.6 Å². The van der Waals surface area contributed by atoms with Gasteiger partial charge >= 0.3 is 0 Å². The van der Waals surface area contributed by atoms with Crippen LogP contribution in [0.15, 0.2) is 65.5 Å². The van der Waals surface area contributed by atoms with Gasteiger partial charge in [0.15, 0.2) is 0 Å². The number of benzene rings is 3. The summed E-state index contributed by atoms with van der Waals surface area (Å²) in [6.45, 7) is 10.2. The zero-order valence-electron chi connectivity index (χ0n) is 28.7. The molecule has 11 heteroatoms. The van der Waals surface area contributed by atoms with E-state index < -0.39 is 6.04 Å². The second-order valence-corrected chi connectivity index (χ2v) is 13.1. The van der Waals surface area contributed by atoms with Crippen molar-refractivity contribution in [2.75, 3.05) is 38.0 Å². The van der Waals surface area contributed by atoms with Crippen molar-refractivity contribution in [1.29, 1.82) is 0 Å². The van der Waals surface area contributed by atoms with Gasteiger partial charge in [-0.1, -0.05) is 44.2 Å². The molecule has 1 fully saturated rings. The molecule has 260 valence electrons. The lowest BCUT2D eigenvalue weighted by Crippen LogP contribution is -2.48. The van der Waals surface area contributed by atoms with Crippen LogP contribution in [0.1, 0.15) is 61.0 Å². The van der Waals surface area contributed by atoms with Crippen molar-refractivity contribution in [3.63, 3.8) is 0 Å². The molecule has 0 unspecified atom stereocenters. The van der Waals surface area contributed by atoms with Crippen LogP contribution in [0, 0.1) is 18.8 Å². The fourth-order valence-corrected chi connectivity index (χ4v) is 6.66. The predicted molar refractivity (Wildman–Crippen MR) is 194 cm³/mol. The van der Waals surface area contributed by atoms with E-state index in [1.54, 1.807) is 18.2 Å². The summed E-state index contributed by atoms with van der Waals surface area (Å²) in [7, 11) is 0. The molecule has 0 saturated heterocycles. The number of nitrogens with one attached hydrogen (secondary N) is 5. The first-order valence-electron chi connectivity index (χ1n) is 17.4. The molecule has 1 heterocycles. The maximum atomic E-state index is 13.7. The molecule has 0 bridgehead atoms. The van der Waals surface area contributed by atoms with Gasteiger partial charge in [-0.05, 0) is 111 Å². The first-order valence-corrected chi connectivity index (χ1v) is 17.4. The normalized spacial score (nSPS) is 16.8. The van der Waals surface area contributed by atoms with Gasteiger partial charge in [-0.25, -0.2) is 0 Å². The Morgan fingerprint density at radius 3 is 2.35 bits per heavy atom. The number of carbonyl (C=O) groups excluding carboxylic acids is 3. The molecule has 1 aliphatic rings. The highest BCUT2D eigenvalue weighted by Gasteiger charge is 2.29. The van der Waals surface area contributed by atoms with Crippen LogP contribution < -0.4 is 27.2 Å². The zero-order chi connectivity index (χ0) is 34.9. The number of hydrogen-bond acceptors (Lipinski definition) is 6. The molecule has 0 spiro atoms. The molecule has 0 radical (unpaired) electrons. The summed E-state index contributed by atoms with van der Waals surface area (Å²) in [5, 5.41) is 14.8. The Bertz CT molecular complexity index is 1800. The number of aromatic amines is 2. The highest BCUT2D eigenvalue weighted by molar-refractivity contribution is 5.99. The van der Waals surface area contributed by atoms with Crippen LogP contribution in [-0.2, 0) is 16.0 Å². The Balaban J connectivity index is 1.28. The lowest BCUT2D eigenvalue weighted by molar-refractivity contribution is -0.130. The smallest absolute Gasteiger partial charge is 0.271 e. The van der Waals surface area contributed by atoms with Gasteiger partial charge in [0.05, 0.1) is 10.9 Å².